The summed E-state index contributed by atoms with van der Waals surface area (Å²) in [4.78, 5) is 12.6. The van der Waals surface area contributed by atoms with Crippen LogP contribution in [0.3, 0.4) is 0 Å². The third kappa shape index (κ3) is 2.81. The monoisotopic (exact) mass is 409 g/mol. The summed E-state index contributed by atoms with van der Waals surface area (Å²) in [6.45, 7) is 1.80. The summed E-state index contributed by atoms with van der Waals surface area (Å²) in [5, 5.41) is 3.94. The minimum absolute atomic E-state index is 0.334. The van der Waals surface area contributed by atoms with E-state index in [4.69, 9.17) is 10.3 Å². The molecule has 0 fully saturated rings. The lowest BCUT2D eigenvalue weighted by molar-refractivity contribution is 0.432. The molecule has 1 aromatic carbocycles. The predicted octanol–water partition coefficient (Wildman–Crippen LogP) is 3.61. The number of rotatable bonds is 2. The van der Waals surface area contributed by atoms with Crippen LogP contribution >= 0.6 is 31.9 Å². The maximum absolute atomic E-state index is 6.03. The van der Waals surface area contributed by atoms with Crippen molar-refractivity contribution in [3.05, 3.63) is 39.2 Å². The van der Waals surface area contributed by atoms with Crippen LogP contribution in [0, 0.1) is 6.92 Å². The van der Waals surface area contributed by atoms with Crippen LogP contribution in [-0.4, -0.2) is 20.1 Å². The molecule has 0 saturated carbocycles. The molecule has 0 unspecified atom stereocenters. The molecule has 0 aliphatic carbocycles. The smallest absolute Gasteiger partial charge is 0.260 e. The molecule has 0 aliphatic heterocycles. The van der Waals surface area contributed by atoms with E-state index in [0.717, 1.165) is 8.95 Å². The molecule has 8 heteroatoms. The van der Waals surface area contributed by atoms with Gasteiger partial charge in [-0.15, -0.1) is 0 Å². The maximum atomic E-state index is 6.03. The third-order valence-electron chi connectivity index (χ3n) is 2.76. The van der Waals surface area contributed by atoms with E-state index < -0.39 is 0 Å². The molecule has 2 N–H and O–H groups in total. The van der Waals surface area contributed by atoms with E-state index in [-0.39, 0.29) is 0 Å². The van der Waals surface area contributed by atoms with Crippen LogP contribution in [-0.2, 0) is 0 Å². The van der Waals surface area contributed by atoms with Crippen LogP contribution in [0.4, 0.5) is 5.69 Å². The van der Waals surface area contributed by atoms with Gasteiger partial charge in [-0.25, -0.2) is 9.97 Å². The van der Waals surface area contributed by atoms with Crippen LogP contribution in [0.5, 0.6) is 0 Å². The zero-order valence-electron chi connectivity index (χ0n) is 10.8. The van der Waals surface area contributed by atoms with Crippen molar-refractivity contribution in [2.45, 2.75) is 6.92 Å². The summed E-state index contributed by atoms with van der Waals surface area (Å²) < 4.78 is 6.90. The molecule has 0 aliphatic rings. The SMILES string of the molecule is Cc1nccc(-c2noc(-c3cc(Br)cc(Br)c3N)n2)n1. The highest BCUT2D eigenvalue weighted by Crippen LogP contribution is 2.34. The lowest BCUT2D eigenvalue weighted by atomic mass is 10.2. The number of nitrogens with zero attached hydrogens (tertiary/aromatic N) is 4. The van der Waals surface area contributed by atoms with Gasteiger partial charge in [0.25, 0.3) is 5.89 Å². The number of hydrogen-bond donors (Lipinski definition) is 1. The highest BCUT2D eigenvalue weighted by molar-refractivity contribution is 9.11. The first kappa shape index (κ1) is 14.2. The van der Waals surface area contributed by atoms with Crippen molar-refractivity contribution in [1.29, 1.82) is 0 Å². The van der Waals surface area contributed by atoms with E-state index >= 15 is 0 Å². The van der Waals surface area contributed by atoms with Gasteiger partial charge in [-0.05, 0) is 41.1 Å². The van der Waals surface area contributed by atoms with Gasteiger partial charge in [-0.2, -0.15) is 4.98 Å². The van der Waals surface area contributed by atoms with Crippen molar-refractivity contribution in [3.63, 3.8) is 0 Å². The van der Waals surface area contributed by atoms with Crippen molar-refractivity contribution < 1.29 is 4.52 Å². The second-order valence-electron chi connectivity index (χ2n) is 4.26. The van der Waals surface area contributed by atoms with Crippen molar-refractivity contribution in [3.8, 4) is 23.0 Å². The quantitative estimate of drug-likeness (QED) is 0.649. The van der Waals surface area contributed by atoms with Crippen LogP contribution < -0.4 is 5.73 Å². The summed E-state index contributed by atoms with van der Waals surface area (Å²) in [6.07, 6.45) is 1.65. The topological polar surface area (TPSA) is 90.7 Å². The number of aryl methyl sites for hydroxylation is 1. The number of benzene rings is 1. The standard InChI is InChI=1S/C13H9Br2N5O/c1-6-17-3-2-10(18-6)12-19-13(21-20-12)8-4-7(14)5-9(15)11(8)16/h2-5H,16H2,1H3. The predicted molar refractivity (Wildman–Crippen MR) is 85.3 cm³/mol. The van der Waals surface area contributed by atoms with Crippen LogP contribution in [0.2, 0.25) is 0 Å². The summed E-state index contributed by atoms with van der Waals surface area (Å²) in [5.74, 6) is 1.37. The van der Waals surface area contributed by atoms with Crippen LogP contribution in [0.25, 0.3) is 23.0 Å². The molecule has 0 atom stereocenters. The first-order valence-electron chi connectivity index (χ1n) is 5.93. The lowest BCUT2D eigenvalue weighted by Crippen LogP contribution is -1.93. The number of aromatic nitrogens is 4. The van der Waals surface area contributed by atoms with E-state index in [1.54, 1.807) is 19.2 Å². The van der Waals surface area contributed by atoms with Crippen molar-refractivity contribution >= 4 is 37.5 Å². The second-order valence-corrected chi connectivity index (χ2v) is 6.03. The Kier molecular flexibility index (Phi) is 3.73. The molecular formula is C13H9Br2N5O. The molecule has 0 bridgehead atoms. The molecule has 0 saturated heterocycles. The highest BCUT2D eigenvalue weighted by Gasteiger charge is 2.16. The molecule has 0 spiro atoms. The van der Waals surface area contributed by atoms with Crippen molar-refractivity contribution in [2.24, 2.45) is 0 Å². The number of nitrogen functional groups attached to an aromatic ring is 1. The Morgan fingerprint density at radius 2 is 2.00 bits per heavy atom. The summed E-state index contributed by atoms with van der Waals surface area (Å²) in [7, 11) is 0. The molecule has 0 amide bonds. The van der Waals surface area contributed by atoms with Gasteiger partial charge in [0.05, 0.1) is 11.3 Å². The van der Waals surface area contributed by atoms with Gasteiger partial charge in [-0.1, -0.05) is 21.1 Å². The fraction of sp³-hybridized carbons (Fsp3) is 0.0769. The molecule has 2 heterocycles. The number of anilines is 1. The Morgan fingerprint density at radius 1 is 1.19 bits per heavy atom. The molecule has 2 aromatic heterocycles. The van der Waals surface area contributed by atoms with Gasteiger partial charge in [-0.3, -0.25) is 0 Å². The van der Waals surface area contributed by atoms with Crippen molar-refractivity contribution in [1.82, 2.24) is 20.1 Å². The van der Waals surface area contributed by atoms with E-state index in [1.807, 2.05) is 12.1 Å². The minimum Gasteiger partial charge on any atom is -0.397 e. The van der Waals surface area contributed by atoms with E-state index in [2.05, 4.69) is 52.0 Å². The van der Waals surface area contributed by atoms with Crippen molar-refractivity contribution in [2.75, 3.05) is 5.73 Å². The summed E-state index contributed by atoms with van der Waals surface area (Å²) in [6, 6.07) is 5.40. The molecule has 106 valence electrons. The Morgan fingerprint density at radius 3 is 2.76 bits per heavy atom. The lowest BCUT2D eigenvalue weighted by Gasteiger charge is -2.04. The number of hydrogen-bond acceptors (Lipinski definition) is 6. The normalized spacial score (nSPS) is 10.8. The Balaban J connectivity index is 2.07. The van der Waals surface area contributed by atoms with E-state index in [1.165, 1.54) is 0 Å². The van der Waals surface area contributed by atoms with Crippen LogP contribution in [0.15, 0.2) is 37.9 Å². The molecule has 6 nitrogen and oxygen atoms in total. The Hall–Kier alpha value is -1.80. The summed E-state index contributed by atoms with van der Waals surface area (Å²) in [5.41, 5.74) is 7.82. The van der Waals surface area contributed by atoms with Gasteiger partial charge in [0, 0.05) is 15.1 Å². The average molecular weight is 411 g/mol. The molecule has 3 rings (SSSR count). The largest absolute Gasteiger partial charge is 0.397 e. The number of nitrogens with two attached hydrogens (primary N) is 1. The zero-order chi connectivity index (χ0) is 15.0. The van der Waals surface area contributed by atoms with E-state index in [9.17, 15) is 0 Å². The van der Waals surface area contributed by atoms with Gasteiger partial charge < -0.3 is 10.3 Å². The zero-order valence-corrected chi connectivity index (χ0v) is 14.0. The summed E-state index contributed by atoms with van der Waals surface area (Å²) >= 11 is 6.80. The van der Waals surface area contributed by atoms with Gasteiger partial charge >= 0.3 is 0 Å². The fourth-order valence-electron chi connectivity index (χ4n) is 1.78. The van der Waals surface area contributed by atoms with E-state index in [0.29, 0.717) is 34.5 Å². The first-order chi connectivity index (χ1) is 10.0. The third-order valence-corrected chi connectivity index (χ3v) is 3.87. The Bertz CT molecular complexity index is 818. The minimum atomic E-state index is 0.334. The highest BCUT2D eigenvalue weighted by atomic mass is 79.9. The average Bonchev–Trinajstić information content (AvgIpc) is 2.92. The maximum Gasteiger partial charge on any atom is 0.260 e. The molecule has 0 radical (unpaired) electrons. The first-order valence-corrected chi connectivity index (χ1v) is 7.52. The Labute approximate surface area is 137 Å². The molecule has 3 aromatic rings. The fourth-order valence-corrected chi connectivity index (χ4v) is 3.00. The number of halogens is 2. The van der Waals surface area contributed by atoms with Crippen LogP contribution in [0.1, 0.15) is 5.82 Å². The van der Waals surface area contributed by atoms with Gasteiger partial charge in [0.15, 0.2) is 0 Å². The second kappa shape index (κ2) is 5.53. The molecular weight excluding hydrogens is 402 g/mol. The molecule has 21 heavy (non-hydrogen) atoms. The van der Waals surface area contributed by atoms with Gasteiger partial charge in [0.2, 0.25) is 5.82 Å². The van der Waals surface area contributed by atoms with Gasteiger partial charge in [0.1, 0.15) is 11.5 Å².